The van der Waals surface area contributed by atoms with E-state index in [9.17, 15) is 0 Å². The molecule has 1 saturated heterocycles. The lowest BCUT2D eigenvalue weighted by molar-refractivity contribution is -0.934. The molecular weight excluding hydrogens is 252 g/mol. The zero-order valence-electron chi connectivity index (χ0n) is 14.2. The highest BCUT2D eigenvalue weighted by molar-refractivity contribution is 4.49. The van der Waals surface area contributed by atoms with Gasteiger partial charge in [0.05, 0.1) is 52.6 Å². The normalized spacial score (nSPS) is 19.2. The highest BCUT2D eigenvalue weighted by atomic mass is 16.5. The predicted octanol–water partition coefficient (Wildman–Crippen LogP) is 1.75. The van der Waals surface area contributed by atoms with E-state index in [4.69, 9.17) is 9.47 Å². The van der Waals surface area contributed by atoms with Crippen LogP contribution >= 0.6 is 0 Å². The lowest BCUT2D eigenvalue weighted by Gasteiger charge is -2.40. The van der Waals surface area contributed by atoms with Gasteiger partial charge in [0.15, 0.2) is 0 Å². The number of rotatable bonds is 10. The van der Waals surface area contributed by atoms with Crippen molar-refractivity contribution in [1.82, 2.24) is 0 Å². The van der Waals surface area contributed by atoms with Crippen LogP contribution in [0.3, 0.4) is 0 Å². The van der Waals surface area contributed by atoms with Gasteiger partial charge in [0.25, 0.3) is 0 Å². The molecule has 0 spiro atoms. The van der Waals surface area contributed by atoms with Crippen LogP contribution in [-0.2, 0) is 9.47 Å². The molecule has 0 aromatic heterocycles. The van der Waals surface area contributed by atoms with Crippen LogP contribution in [0.5, 0.6) is 0 Å². The summed E-state index contributed by atoms with van der Waals surface area (Å²) in [6, 6.07) is 0. The number of hydrogen-bond donors (Lipinski definition) is 0. The average molecular weight is 288 g/mol. The van der Waals surface area contributed by atoms with Crippen molar-refractivity contribution in [3.8, 4) is 0 Å². The molecule has 1 aliphatic heterocycles. The van der Waals surface area contributed by atoms with Crippen molar-refractivity contribution < 1.29 is 18.4 Å². The van der Waals surface area contributed by atoms with E-state index in [1.807, 2.05) is 0 Å². The molecule has 1 fully saturated rings. The van der Waals surface area contributed by atoms with Gasteiger partial charge in [-0.25, -0.2) is 0 Å². The zero-order valence-corrected chi connectivity index (χ0v) is 14.2. The van der Waals surface area contributed by atoms with Crippen molar-refractivity contribution in [1.29, 1.82) is 0 Å². The Hall–Kier alpha value is -0.160. The van der Waals surface area contributed by atoms with Gasteiger partial charge in [-0.3, -0.25) is 0 Å². The summed E-state index contributed by atoms with van der Waals surface area (Å²) in [7, 11) is 0. The highest BCUT2D eigenvalue weighted by Gasteiger charge is 2.28. The first-order valence-corrected chi connectivity index (χ1v) is 8.51. The summed E-state index contributed by atoms with van der Waals surface area (Å²) >= 11 is 0. The molecule has 120 valence electrons. The summed E-state index contributed by atoms with van der Waals surface area (Å²) in [5, 5.41) is 0. The molecule has 0 bridgehead atoms. The molecule has 0 aromatic carbocycles. The Kier molecular flexibility index (Phi) is 8.03. The van der Waals surface area contributed by atoms with E-state index in [2.05, 4.69) is 27.7 Å². The molecule has 0 amide bonds. The Morgan fingerprint density at radius 2 is 1.55 bits per heavy atom. The third kappa shape index (κ3) is 4.99. The summed E-state index contributed by atoms with van der Waals surface area (Å²) in [6.45, 7) is 22.2. The Balaban J connectivity index is 2.23. The summed E-state index contributed by atoms with van der Waals surface area (Å²) < 4.78 is 13.8. The minimum atomic E-state index is 0.894. The van der Waals surface area contributed by atoms with Crippen molar-refractivity contribution in [2.45, 2.75) is 27.7 Å². The molecule has 0 unspecified atom stereocenters. The predicted molar refractivity (Wildman–Crippen MR) is 83.8 cm³/mol. The molecular formula is C16H36N2O2+2. The topological polar surface area (TPSA) is 18.5 Å². The van der Waals surface area contributed by atoms with Gasteiger partial charge in [-0.2, -0.15) is 0 Å². The third-order valence-corrected chi connectivity index (χ3v) is 5.52. The Bertz CT molecular complexity index is 241. The minimum Gasteiger partial charge on any atom is -0.370 e. The van der Waals surface area contributed by atoms with Gasteiger partial charge in [0, 0.05) is 0 Å². The van der Waals surface area contributed by atoms with E-state index >= 15 is 0 Å². The largest absolute Gasteiger partial charge is 0.370 e. The fraction of sp³-hybridized carbons (Fsp3) is 1.00. The number of hydrogen-bond acceptors (Lipinski definition) is 2. The van der Waals surface area contributed by atoms with E-state index < -0.39 is 0 Å². The van der Waals surface area contributed by atoms with Crippen LogP contribution < -0.4 is 0 Å². The highest BCUT2D eigenvalue weighted by Crippen LogP contribution is 2.11. The van der Waals surface area contributed by atoms with Crippen LogP contribution in [0.15, 0.2) is 0 Å². The second kappa shape index (κ2) is 8.98. The number of nitrogens with zero attached hydrogens (tertiary/aromatic N) is 2. The summed E-state index contributed by atoms with van der Waals surface area (Å²) in [6.07, 6.45) is 0. The molecule has 4 heteroatoms. The first-order chi connectivity index (χ1) is 9.66. The monoisotopic (exact) mass is 288 g/mol. The fourth-order valence-corrected chi connectivity index (χ4v) is 3.19. The molecule has 1 heterocycles. The van der Waals surface area contributed by atoms with Crippen molar-refractivity contribution in [3.05, 3.63) is 0 Å². The molecule has 1 aliphatic rings. The van der Waals surface area contributed by atoms with Crippen molar-refractivity contribution >= 4 is 0 Å². The minimum absolute atomic E-state index is 0.894. The average Bonchev–Trinajstić information content (AvgIpc) is 2.52. The van der Waals surface area contributed by atoms with E-state index in [1.165, 1.54) is 35.1 Å². The number of ether oxygens (including phenoxy) is 2. The Morgan fingerprint density at radius 3 is 2.05 bits per heavy atom. The molecule has 0 aliphatic carbocycles. The van der Waals surface area contributed by atoms with Crippen LogP contribution in [0.2, 0.25) is 0 Å². The van der Waals surface area contributed by atoms with Crippen LogP contribution in [0.4, 0.5) is 0 Å². The molecule has 0 atom stereocenters. The third-order valence-electron chi connectivity index (χ3n) is 5.52. The van der Waals surface area contributed by atoms with E-state index in [0.29, 0.717) is 0 Å². The molecule has 0 aromatic rings. The lowest BCUT2D eigenvalue weighted by Crippen LogP contribution is -2.56. The maximum atomic E-state index is 5.95. The van der Waals surface area contributed by atoms with Crippen LogP contribution in [0.25, 0.3) is 0 Å². The number of quaternary nitrogens is 2. The zero-order chi connectivity index (χ0) is 14.9. The maximum Gasteiger partial charge on any atom is 0.103 e. The molecule has 0 radical (unpaired) electrons. The van der Waals surface area contributed by atoms with Gasteiger partial charge in [-0.15, -0.1) is 0 Å². The van der Waals surface area contributed by atoms with Crippen molar-refractivity contribution in [2.75, 3.05) is 78.8 Å². The van der Waals surface area contributed by atoms with Crippen LogP contribution in [-0.4, -0.2) is 87.8 Å². The first kappa shape index (κ1) is 17.9. The summed E-state index contributed by atoms with van der Waals surface area (Å²) in [4.78, 5) is 0. The standard InChI is InChI=1S/C16H36N2O2/c1-5-17(6-2,7-3)9-13-19-14-10-18(8-4)11-15-20-16-12-18/h5-16H2,1-4H3/q+2. The van der Waals surface area contributed by atoms with Gasteiger partial charge in [-0.05, 0) is 27.7 Å². The van der Waals surface area contributed by atoms with Gasteiger partial charge >= 0.3 is 0 Å². The van der Waals surface area contributed by atoms with Crippen LogP contribution in [0, 0.1) is 0 Å². The molecule has 1 rings (SSSR count). The summed E-state index contributed by atoms with van der Waals surface area (Å²) in [5.74, 6) is 0. The quantitative estimate of drug-likeness (QED) is 0.450. The second-order valence-corrected chi connectivity index (χ2v) is 6.07. The smallest absolute Gasteiger partial charge is 0.103 e. The van der Waals surface area contributed by atoms with E-state index in [1.54, 1.807) is 0 Å². The van der Waals surface area contributed by atoms with Crippen molar-refractivity contribution in [2.24, 2.45) is 0 Å². The molecule has 0 N–H and O–H groups in total. The number of morpholine rings is 1. The van der Waals surface area contributed by atoms with Crippen LogP contribution in [0.1, 0.15) is 27.7 Å². The van der Waals surface area contributed by atoms with Gasteiger partial charge in [-0.1, -0.05) is 0 Å². The fourth-order valence-electron chi connectivity index (χ4n) is 3.19. The molecule has 4 nitrogen and oxygen atoms in total. The Morgan fingerprint density at radius 1 is 0.950 bits per heavy atom. The first-order valence-electron chi connectivity index (χ1n) is 8.51. The van der Waals surface area contributed by atoms with Crippen molar-refractivity contribution in [3.63, 3.8) is 0 Å². The SMILES string of the molecule is CC[N+](CC)(CC)CCOCC[N+]1(CC)CCOCC1. The van der Waals surface area contributed by atoms with Gasteiger partial charge in [0.2, 0.25) is 0 Å². The maximum absolute atomic E-state index is 5.95. The van der Waals surface area contributed by atoms with Gasteiger partial charge < -0.3 is 18.4 Å². The second-order valence-electron chi connectivity index (χ2n) is 6.07. The lowest BCUT2D eigenvalue weighted by atomic mass is 10.3. The van der Waals surface area contributed by atoms with Gasteiger partial charge in [0.1, 0.15) is 26.2 Å². The molecule has 20 heavy (non-hydrogen) atoms. The number of likely N-dealkylation sites (N-methyl/N-ethyl adjacent to an activating group) is 2. The van der Waals surface area contributed by atoms with E-state index in [-0.39, 0.29) is 0 Å². The Labute approximate surface area is 125 Å². The van der Waals surface area contributed by atoms with E-state index in [0.717, 1.165) is 52.6 Å². The molecule has 0 saturated carbocycles. The summed E-state index contributed by atoms with van der Waals surface area (Å²) in [5.41, 5.74) is 0.